The molecule has 0 aliphatic rings. The Bertz CT molecular complexity index is 805. The molecule has 0 spiro atoms. The second kappa shape index (κ2) is 5.46. The van der Waals surface area contributed by atoms with Gasteiger partial charge >= 0.3 is 0 Å². The van der Waals surface area contributed by atoms with Crippen molar-refractivity contribution >= 4 is 22.4 Å². The van der Waals surface area contributed by atoms with Crippen molar-refractivity contribution in [2.45, 2.75) is 13.5 Å². The van der Waals surface area contributed by atoms with E-state index in [0.717, 1.165) is 22.2 Å². The summed E-state index contributed by atoms with van der Waals surface area (Å²) in [5, 5.41) is 13.2. The van der Waals surface area contributed by atoms with E-state index in [9.17, 15) is 9.50 Å². The molecule has 0 unspecified atom stereocenters. The second-order valence-electron chi connectivity index (χ2n) is 4.82. The number of halogens is 1. The number of aromatic nitrogens is 2. The Hall–Kier alpha value is -2.53. The number of hydrogen-bond acceptors (Lipinski definition) is 4. The molecule has 0 radical (unpaired) electrons. The summed E-state index contributed by atoms with van der Waals surface area (Å²) in [5.74, 6) is 0.386. The molecule has 0 bridgehead atoms. The highest BCUT2D eigenvalue weighted by Crippen LogP contribution is 2.25. The van der Waals surface area contributed by atoms with Gasteiger partial charge in [-0.1, -0.05) is 6.07 Å². The summed E-state index contributed by atoms with van der Waals surface area (Å²) in [6.07, 6.45) is 1.47. The van der Waals surface area contributed by atoms with Crippen molar-refractivity contribution in [3.63, 3.8) is 0 Å². The van der Waals surface area contributed by atoms with Crippen LogP contribution < -0.4 is 5.32 Å². The second-order valence-corrected chi connectivity index (χ2v) is 4.82. The monoisotopic (exact) mass is 283 g/mol. The van der Waals surface area contributed by atoms with E-state index < -0.39 is 0 Å². The quantitative estimate of drug-likeness (QED) is 0.774. The largest absolute Gasteiger partial charge is 0.392 e. The van der Waals surface area contributed by atoms with Crippen LogP contribution in [0.1, 0.15) is 11.1 Å². The molecule has 0 aliphatic heterocycles. The average Bonchev–Trinajstić information content (AvgIpc) is 2.51. The molecule has 5 heteroatoms. The smallest absolute Gasteiger partial charge is 0.141 e. The van der Waals surface area contributed by atoms with Gasteiger partial charge in [-0.3, -0.25) is 0 Å². The third kappa shape index (κ3) is 2.68. The van der Waals surface area contributed by atoms with Gasteiger partial charge in [0.05, 0.1) is 12.1 Å². The number of aryl methyl sites for hydroxylation is 1. The van der Waals surface area contributed by atoms with E-state index in [1.165, 1.54) is 12.4 Å². The maximum Gasteiger partial charge on any atom is 0.141 e. The first-order valence-electron chi connectivity index (χ1n) is 6.55. The molecular formula is C16H14FN3O. The van der Waals surface area contributed by atoms with E-state index in [-0.39, 0.29) is 12.4 Å². The highest BCUT2D eigenvalue weighted by molar-refractivity contribution is 5.91. The Balaban J connectivity index is 2.05. The lowest BCUT2D eigenvalue weighted by Gasteiger charge is -2.10. The zero-order valence-corrected chi connectivity index (χ0v) is 11.5. The number of anilines is 2. The summed E-state index contributed by atoms with van der Waals surface area (Å²) < 4.78 is 13.3. The van der Waals surface area contributed by atoms with Gasteiger partial charge in [0.25, 0.3) is 0 Å². The Kier molecular flexibility index (Phi) is 3.50. The predicted octanol–water partition coefficient (Wildman–Crippen LogP) is 3.31. The van der Waals surface area contributed by atoms with Crippen LogP contribution in [-0.2, 0) is 6.61 Å². The Morgan fingerprint density at radius 3 is 2.76 bits per heavy atom. The summed E-state index contributed by atoms with van der Waals surface area (Å²) in [6, 6.07) is 10.3. The predicted molar refractivity (Wildman–Crippen MR) is 79.9 cm³/mol. The standard InChI is InChI=1S/C16H14FN3O/c1-10-6-12(3-4-14(10)17)20-16-13-7-11(8-21)2-5-15(13)18-9-19-16/h2-7,9,21H,8H2,1H3,(H,18,19,20). The van der Waals surface area contributed by atoms with Crippen molar-refractivity contribution in [1.29, 1.82) is 0 Å². The van der Waals surface area contributed by atoms with Crippen LogP contribution in [0.15, 0.2) is 42.7 Å². The molecule has 0 fully saturated rings. The summed E-state index contributed by atoms with van der Waals surface area (Å²) in [6.45, 7) is 1.67. The molecule has 0 atom stereocenters. The minimum Gasteiger partial charge on any atom is -0.392 e. The highest BCUT2D eigenvalue weighted by Gasteiger charge is 2.06. The first-order chi connectivity index (χ1) is 10.2. The maximum absolute atomic E-state index is 13.3. The first kappa shape index (κ1) is 13.5. The molecule has 2 aromatic carbocycles. The lowest BCUT2D eigenvalue weighted by atomic mass is 10.1. The van der Waals surface area contributed by atoms with Crippen LogP contribution in [0.3, 0.4) is 0 Å². The lowest BCUT2D eigenvalue weighted by molar-refractivity contribution is 0.282. The van der Waals surface area contributed by atoms with Gasteiger partial charge in [-0.25, -0.2) is 14.4 Å². The molecule has 4 nitrogen and oxygen atoms in total. The van der Waals surface area contributed by atoms with Crippen LogP contribution >= 0.6 is 0 Å². The van der Waals surface area contributed by atoms with Crippen LogP contribution in [0.25, 0.3) is 10.9 Å². The molecule has 3 aromatic rings. The van der Waals surface area contributed by atoms with Crippen molar-refractivity contribution < 1.29 is 9.50 Å². The van der Waals surface area contributed by atoms with Gasteiger partial charge in [-0.05, 0) is 48.4 Å². The first-order valence-corrected chi connectivity index (χ1v) is 6.55. The molecule has 21 heavy (non-hydrogen) atoms. The van der Waals surface area contributed by atoms with Gasteiger partial charge in [0, 0.05) is 11.1 Å². The van der Waals surface area contributed by atoms with Gasteiger partial charge < -0.3 is 10.4 Å². The SMILES string of the molecule is Cc1cc(Nc2ncnc3ccc(CO)cc23)ccc1F. The van der Waals surface area contributed by atoms with Gasteiger partial charge in [0.2, 0.25) is 0 Å². The normalized spacial score (nSPS) is 10.8. The Labute approximate surface area is 121 Å². The number of nitrogens with one attached hydrogen (secondary N) is 1. The maximum atomic E-state index is 13.3. The van der Waals surface area contributed by atoms with Crippen LogP contribution in [0.4, 0.5) is 15.9 Å². The molecule has 106 valence electrons. The van der Waals surface area contributed by atoms with Gasteiger partial charge in [-0.2, -0.15) is 0 Å². The minimum atomic E-state index is -0.240. The van der Waals surface area contributed by atoms with E-state index >= 15 is 0 Å². The third-order valence-electron chi connectivity index (χ3n) is 3.30. The lowest BCUT2D eigenvalue weighted by Crippen LogP contribution is -1.97. The van der Waals surface area contributed by atoms with E-state index in [2.05, 4.69) is 15.3 Å². The van der Waals surface area contributed by atoms with Crippen molar-refractivity contribution in [3.8, 4) is 0 Å². The summed E-state index contributed by atoms with van der Waals surface area (Å²) in [7, 11) is 0. The fourth-order valence-electron chi connectivity index (χ4n) is 2.16. The van der Waals surface area contributed by atoms with E-state index in [4.69, 9.17) is 0 Å². The van der Waals surface area contributed by atoms with Crippen LogP contribution in [0, 0.1) is 12.7 Å². The van der Waals surface area contributed by atoms with Crippen LogP contribution in [0.2, 0.25) is 0 Å². The van der Waals surface area contributed by atoms with Crippen molar-refractivity contribution in [1.82, 2.24) is 9.97 Å². The fraction of sp³-hybridized carbons (Fsp3) is 0.125. The topological polar surface area (TPSA) is 58.0 Å². The van der Waals surface area contributed by atoms with Gasteiger partial charge in [-0.15, -0.1) is 0 Å². The number of aliphatic hydroxyl groups excluding tert-OH is 1. The van der Waals surface area contributed by atoms with E-state index in [1.54, 1.807) is 19.1 Å². The van der Waals surface area contributed by atoms with Gasteiger partial charge in [0.1, 0.15) is 18.0 Å². The Morgan fingerprint density at radius 2 is 2.00 bits per heavy atom. The summed E-state index contributed by atoms with van der Waals surface area (Å²) >= 11 is 0. The number of fused-ring (bicyclic) bond motifs is 1. The van der Waals surface area contributed by atoms with Gasteiger partial charge in [0.15, 0.2) is 0 Å². The van der Waals surface area contributed by atoms with Crippen LogP contribution in [-0.4, -0.2) is 15.1 Å². The molecule has 1 heterocycles. The summed E-state index contributed by atoms with van der Waals surface area (Å²) in [4.78, 5) is 8.43. The van der Waals surface area contributed by atoms with Crippen molar-refractivity contribution in [2.24, 2.45) is 0 Å². The zero-order valence-electron chi connectivity index (χ0n) is 11.5. The molecular weight excluding hydrogens is 269 g/mol. The van der Waals surface area contributed by atoms with Crippen LogP contribution in [0.5, 0.6) is 0 Å². The zero-order chi connectivity index (χ0) is 14.8. The third-order valence-corrected chi connectivity index (χ3v) is 3.30. The van der Waals surface area contributed by atoms with Crippen molar-refractivity contribution in [2.75, 3.05) is 5.32 Å². The summed E-state index contributed by atoms with van der Waals surface area (Å²) in [5.41, 5.74) is 2.89. The number of aliphatic hydroxyl groups is 1. The van der Waals surface area contributed by atoms with E-state index in [0.29, 0.717) is 11.4 Å². The molecule has 0 saturated heterocycles. The average molecular weight is 283 g/mol. The number of nitrogens with zero attached hydrogens (tertiary/aromatic N) is 2. The molecule has 0 amide bonds. The highest BCUT2D eigenvalue weighted by atomic mass is 19.1. The molecule has 3 rings (SSSR count). The molecule has 2 N–H and O–H groups in total. The van der Waals surface area contributed by atoms with E-state index in [1.807, 2.05) is 18.2 Å². The molecule has 0 saturated carbocycles. The fourth-order valence-corrected chi connectivity index (χ4v) is 2.16. The number of benzene rings is 2. The van der Waals surface area contributed by atoms with Crippen molar-refractivity contribution in [3.05, 3.63) is 59.7 Å². The molecule has 0 aliphatic carbocycles. The number of rotatable bonds is 3. The number of hydrogen-bond donors (Lipinski definition) is 2. The molecule has 1 aromatic heterocycles. The minimum absolute atomic E-state index is 0.0417. The Morgan fingerprint density at radius 1 is 1.14 bits per heavy atom.